The van der Waals surface area contributed by atoms with Gasteiger partial charge in [-0.25, -0.2) is 0 Å². The van der Waals surface area contributed by atoms with Crippen LogP contribution in [-0.4, -0.2) is 17.4 Å². The first-order valence-electron chi connectivity index (χ1n) is 7.87. The van der Waals surface area contributed by atoms with Crippen LogP contribution < -0.4 is 5.32 Å². The molecule has 0 aromatic heterocycles. The zero-order chi connectivity index (χ0) is 16.8. The molecule has 0 saturated carbocycles. The fraction of sp³-hybridized carbons (Fsp3) is 0.0952. The van der Waals surface area contributed by atoms with Gasteiger partial charge in [0.2, 0.25) is 5.78 Å². The van der Waals surface area contributed by atoms with Gasteiger partial charge in [-0.1, -0.05) is 78.9 Å². The van der Waals surface area contributed by atoms with Crippen molar-refractivity contribution in [1.82, 2.24) is 0 Å². The van der Waals surface area contributed by atoms with Crippen LogP contribution in [0.1, 0.15) is 15.9 Å². The van der Waals surface area contributed by atoms with Crippen molar-refractivity contribution >= 4 is 11.5 Å². The van der Waals surface area contributed by atoms with Gasteiger partial charge < -0.3 is 10.4 Å². The van der Waals surface area contributed by atoms with Gasteiger partial charge in [-0.15, -0.1) is 0 Å². The van der Waals surface area contributed by atoms with E-state index in [-0.39, 0.29) is 12.3 Å². The Bertz CT molecular complexity index is 788. The lowest BCUT2D eigenvalue weighted by atomic mass is 9.85. The summed E-state index contributed by atoms with van der Waals surface area (Å²) < 4.78 is 0. The van der Waals surface area contributed by atoms with Crippen LogP contribution in [0.2, 0.25) is 0 Å². The summed E-state index contributed by atoms with van der Waals surface area (Å²) in [6.45, 7) is 0.0920. The average Bonchev–Trinajstić information content (AvgIpc) is 2.68. The first-order chi connectivity index (χ1) is 11.7. The van der Waals surface area contributed by atoms with E-state index in [0.717, 1.165) is 5.69 Å². The number of nitrogens with one attached hydrogen (secondary N) is 1. The van der Waals surface area contributed by atoms with Crippen LogP contribution in [-0.2, 0) is 5.60 Å². The molecule has 120 valence electrons. The van der Waals surface area contributed by atoms with Crippen molar-refractivity contribution in [3.05, 3.63) is 102 Å². The Hall–Kier alpha value is -2.91. The number of aliphatic hydroxyl groups is 1. The van der Waals surface area contributed by atoms with E-state index in [0.29, 0.717) is 11.1 Å². The molecule has 0 spiro atoms. The fourth-order valence-corrected chi connectivity index (χ4v) is 2.64. The standard InChI is InChI=1S/C21H19NO2/c23-20(17-10-4-1-5-11-17)21(24,18-12-6-2-7-13-18)16-22-19-14-8-3-9-15-19/h1-15,22,24H,16H2/t21-/m1/s1. The summed E-state index contributed by atoms with van der Waals surface area (Å²) in [6.07, 6.45) is 0. The summed E-state index contributed by atoms with van der Waals surface area (Å²) in [5.41, 5.74) is 0.270. The van der Waals surface area contributed by atoms with Crippen LogP contribution >= 0.6 is 0 Å². The van der Waals surface area contributed by atoms with E-state index in [1.165, 1.54) is 0 Å². The van der Waals surface area contributed by atoms with E-state index < -0.39 is 5.60 Å². The highest BCUT2D eigenvalue weighted by atomic mass is 16.3. The van der Waals surface area contributed by atoms with Crippen molar-refractivity contribution < 1.29 is 9.90 Å². The van der Waals surface area contributed by atoms with Crippen molar-refractivity contribution in [3.8, 4) is 0 Å². The minimum Gasteiger partial charge on any atom is -0.381 e. The van der Waals surface area contributed by atoms with E-state index in [9.17, 15) is 9.90 Å². The molecule has 24 heavy (non-hydrogen) atoms. The highest BCUT2D eigenvalue weighted by Gasteiger charge is 2.38. The molecule has 2 N–H and O–H groups in total. The molecule has 3 rings (SSSR count). The molecule has 0 aliphatic rings. The third kappa shape index (κ3) is 3.36. The number of hydrogen-bond acceptors (Lipinski definition) is 3. The maximum Gasteiger partial charge on any atom is 0.200 e. The molecule has 0 aliphatic carbocycles. The normalized spacial score (nSPS) is 13.0. The van der Waals surface area contributed by atoms with Gasteiger partial charge in [0.1, 0.15) is 0 Å². The first kappa shape index (κ1) is 16.0. The van der Waals surface area contributed by atoms with Crippen molar-refractivity contribution in [2.75, 3.05) is 11.9 Å². The molecule has 3 aromatic carbocycles. The van der Waals surface area contributed by atoms with Gasteiger partial charge in [-0.3, -0.25) is 4.79 Å². The zero-order valence-corrected chi connectivity index (χ0v) is 13.2. The Labute approximate surface area is 141 Å². The number of Topliss-reactive ketones (excluding diaryl/α,β-unsaturated/α-hetero) is 1. The van der Waals surface area contributed by atoms with Crippen LogP contribution in [0.4, 0.5) is 5.69 Å². The third-order valence-corrected chi connectivity index (χ3v) is 3.99. The second kappa shape index (κ2) is 7.11. The highest BCUT2D eigenvalue weighted by molar-refractivity contribution is 6.03. The first-order valence-corrected chi connectivity index (χ1v) is 7.87. The van der Waals surface area contributed by atoms with E-state index >= 15 is 0 Å². The number of carbonyl (C=O) groups excluding carboxylic acids is 1. The van der Waals surface area contributed by atoms with E-state index in [2.05, 4.69) is 5.32 Å². The Balaban J connectivity index is 1.93. The number of para-hydroxylation sites is 1. The van der Waals surface area contributed by atoms with Gasteiger partial charge in [0.05, 0.1) is 6.54 Å². The van der Waals surface area contributed by atoms with Crippen molar-refractivity contribution in [2.45, 2.75) is 5.60 Å². The average molecular weight is 317 g/mol. The van der Waals surface area contributed by atoms with Gasteiger partial charge in [0.25, 0.3) is 0 Å². The Morgan fingerprint density at radius 3 is 1.88 bits per heavy atom. The van der Waals surface area contributed by atoms with Crippen LogP contribution in [0, 0.1) is 0 Å². The fourth-order valence-electron chi connectivity index (χ4n) is 2.64. The number of anilines is 1. The molecule has 0 aliphatic heterocycles. The predicted octanol–water partition coefficient (Wildman–Crippen LogP) is 3.87. The molecule has 3 nitrogen and oxygen atoms in total. The maximum absolute atomic E-state index is 13.0. The van der Waals surface area contributed by atoms with E-state index in [1.54, 1.807) is 36.4 Å². The van der Waals surface area contributed by atoms with Crippen LogP contribution in [0.15, 0.2) is 91.0 Å². The molecule has 3 aromatic rings. The molecule has 1 atom stereocenters. The predicted molar refractivity (Wildman–Crippen MR) is 96.0 cm³/mol. The van der Waals surface area contributed by atoms with Gasteiger partial charge in [0.15, 0.2) is 5.60 Å². The van der Waals surface area contributed by atoms with Gasteiger partial charge in [-0.2, -0.15) is 0 Å². The highest BCUT2D eigenvalue weighted by Crippen LogP contribution is 2.26. The van der Waals surface area contributed by atoms with Crippen molar-refractivity contribution in [3.63, 3.8) is 0 Å². The smallest absolute Gasteiger partial charge is 0.200 e. The zero-order valence-electron chi connectivity index (χ0n) is 13.2. The molecule has 0 unspecified atom stereocenters. The number of rotatable bonds is 6. The molecule has 0 fully saturated rings. The molecule has 3 heteroatoms. The number of hydrogen-bond donors (Lipinski definition) is 2. The minimum absolute atomic E-state index is 0.0920. The van der Waals surface area contributed by atoms with Crippen molar-refractivity contribution in [2.24, 2.45) is 0 Å². The van der Waals surface area contributed by atoms with Gasteiger partial charge in [-0.05, 0) is 17.7 Å². The summed E-state index contributed by atoms with van der Waals surface area (Å²) in [5, 5.41) is 14.4. The van der Waals surface area contributed by atoms with Crippen LogP contribution in [0.5, 0.6) is 0 Å². The van der Waals surface area contributed by atoms with Crippen LogP contribution in [0.25, 0.3) is 0 Å². The van der Waals surface area contributed by atoms with Crippen molar-refractivity contribution in [1.29, 1.82) is 0 Å². The topological polar surface area (TPSA) is 49.3 Å². The summed E-state index contributed by atoms with van der Waals surface area (Å²) in [4.78, 5) is 13.0. The lowest BCUT2D eigenvalue weighted by molar-refractivity contribution is 0.0364. The SMILES string of the molecule is O=C(c1ccccc1)[C@@](O)(CNc1ccccc1)c1ccccc1. The lowest BCUT2D eigenvalue weighted by Gasteiger charge is -2.28. The molecular formula is C21H19NO2. The molecule has 0 amide bonds. The number of benzene rings is 3. The summed E-state index contributed by atoms with van der Waals surface area (Å²) in [6, 6.07) is 27.5. The molecule has 0 saturated heterocycles. The maximum atomic E-state index is 13.0. The monoisotopic (exact) mass is 317 g/mol. The quantitative estimate of drug-likeness (QED) is 0.679. The number of ketones is 1. The van der Waals surface area contributed by atoms with Gasteiger partial charge in [0, 0.05) is 11.3 Å². The minimum atomic E-state index is -1.64. The summed E-state index contributed by atoms with van der Waals surface area (Å²) in [5.74, 6) is -0.322. The Kier molecular flexibility index (Phi) is 4.73. The second-order valence-corrected chi connectivity index (χ2v) is 5.64. The van der Waals surface area contributed by atoms with Crippen LogP contribution in [0.3, 0.4) is 0 Å². The number of carbonyl (C=O) groups is 1. The van der Waals surface area contributed by atoms with E-state index in [4.69, 9.17) is 0 Å². The summed E-state index contributed by atoms with van der Waals surface area (Å²) >= 11 is 0. The largest absolute Gasteiger partial charge is 0.381 e. The molecular weight excluding hydrogens is 298 g/mol. The Morgan fingerprint density at radius 1 is 0.792 bits per heavy atom. The molecule has 0 bridgehead atoms. The summed E-state index contributed by atoms with van der Waals surface area (Å²) in [7, 11) is 0. The van der Waals surface area contributed by atoms with E-state index in [1.807, 2.05) is 54.6 Å². The second-order valence-electron chi connectivity index (χ2n) is 5.64. The van der Waals surface area contributed by atoms with Gasteiger partial charge >= 0.3 is 0 Å². The third-order valence-electron chi connectivity index (χ3n) is 3.99. The molecule has 0 heterocycles. The Morgan fingerprint density at radius 2 is 1.29 bits per heavy atom. The lowest BCUT2D eigenvalue weighted by Crippen LogP contribution is -2.42. The molecule has 0 radical (unpaired) electrons.